The van der Waals surface area contributed by atoms with E-state index in [4.69, 9.17) is 14.2 Å². The molecule has 1 N–H and O–H groups in total. The van der Waals surface area contributed by atoms with Gasteiger partial charge in [0.05, 0.1) is 17.3 Å². The van der Waals surface area contributed by atoms with Crippen LogP contribution in [-0.2, 0) is 0 Å². The van der Waals surface area contributed by atoms with Crippen LogP contribution in [0.1, 0.15) is 32.0 Å². The van der Waals surface area contributed by atoms with Crippen molar-refractivity contribution in [2.75, 3.05) is 6.79 Å². The SMILES string of the molecule is Cc1ccc(C(=O)N/N=C/c2cccc(OC(=O)c3ccc4c(c3)OCO4)c2)cn1. The number of ether oxygens (including phenoxy) is 3. The lowest BCUT2D eigenvalue weighted by molar-refractivity contribution is 0.0734. The molecule has 0 spiro atoms. The number of nitrogens with zero attached hydrogens (tertiary/aromatic N) is 2. The molecule has 0 radical (unpaired) electrons. The van der Waals surface area contributed by atoms with E-state index in [0.29, 0.717) is 33.9 Å². The van der Waals surface area contributed by atoms with Crippen molar-refractivity contribution in [2.24, 2.45) is 5.10 Å². The van der Waals surface area contributed by atoms with Crippen molar-refractivity contribution in [1.29, 1.82) is 0 Å². The molecular weight excluding hydrogens is 386 g/mol. The van der Waals surface area contributed by atoms with Crippen LogP contribution in [0.2, 0.25) is 0 Å². The zero-order valence-electron chi connectivity index (χ0n) is 16.0. The first-order valence-electron chi connectivity index (χ1n) is 9.06. The predicted molar refractivity (Wildman–Crippen MR) is 108 cm³/mol. The normalized spacial score (nSPS) is 12.0. The predicted octanol–water partition coefficient (Wildman–Crippen LogP) is 3.10. The zero-order chi connectivity index (χ0) is 20.9. The number of nitrogens with one attached hydrogen (secondary N) is 1. The number of fused-ring (bicyclic) bond motifs is 1. The van der Waals surface area contributed by atoms with Gasteiger partial charge < -0.3 is 14.2 Å². The molecule has 8 nitrogen and oxygen atoms in total. The molecule has 0 unspecified atom stereocenters. The number of aromatic nitrogens is 1. The van der Waals surface area contributed by atoms with E-state index < -0.39 is 5.97 Å². The number of esters is 1. The Balaban J connectivity index is 1.38. The minimum absolute atomic E-state index is 0.131. The van der Waals surface area contributed by atoms with E-state index in [1.165, 1.54) is 12.4 Å². The second kappa shape index (κ2) is 8.44. The van der Waals surface area contributed by atoms with E-state index in [0.717, 1.165) is 5.69 Å². The molecule has 30 heavy (non-hydrogen) atoms. The van der Waals surface area contributed by atoms with Gasteiger partial charge in [0.2, 0.25) is 6.79 Å². The fourth-order valence-electron chi connectivity index (χ4n) is 2.68. The Hall–Kier alpha value is -4.20. The van der Waals surface area contributed by atoms with E-state index in [-0.39, 0.29) is 12.7 Å². The van der Waals surface area contributed by atoms with Crippen LogP contribution in [0.3, 0.4) is 0 Å². The number of benzene rings is 2. The Morgan fingerprint density at radius 1 is 1.07 bits per heavy atom. The van der Waals surface area contributed by atoms with Gasteiger partial charge in [-0.15, -0.1) is 0 Å². The number of carbonyl (C=O) groups is 2. The molecule has 0 fully saturated rings. The molecule has 3 aromatic rings. The molecule has 1 aliphatic rings. The lowest BCUT2D eigenvalue weighted by Gasteiger charge is -2.06. The van der Waals surface area contributed by atoms with Crippen molar-refractivity contribution >= 4 is 18.1 Å². The molecule has 4 rings (SSSR count). The molecule has 1 aliphatic heterocycles. The second-order valence-corrected chi connectivity index (χ2v) is 6.42. The summed E-state index contributed by atoms with van der Waals surface area (Å²) in [5.41, 5.74) is 4.65. The first kappa shape index (κ1) is 19.1. The first-order valence-corrected chi connectivity index (χ1v) is 9.06. The molecule has 0 aliphatic carbocycles. The van der Waals surface area contributed by atoms with Gasteiger partial charge in [-0.2, -0.15) is 5.10 Å². The summed E-state index contributed by atoms with van der Waals surface area (Å²) >= 11 is 0. The van der Waals surface area contributed by atoms with E-state index in [1.807, 2.05) is 6.92 Å². The van der Waals surface area contributed by atoms with Crippen LogP contribution in [0.15, 0.2) is 65.9 Å². The fourth-order valence-corrected chi connectivity index (χ4v) is 2.68. The number of hydrazone groups is 1. The summed E-state index contributed by atoms with van der Waals surface area (Å²) in [6, 6.07) is 15.0. The number of aryl methyl sites for hydroxylation is 1. The summed E-state index contributed by atoms with van der Waals surface area (Å²) in [4.78, 5) is 28.5. The summed E-state index contributed by atoms with van der Waals surface area (Å²) in [7, 11) is 0. The van der Waals surface area contributed by atoms with Crippen LogP contribution in [0.25, 0.3) is 0 Å². The van der Waals surface area contributed by atoms with Crippen molar-refractivity contribution < 1.29 is 23.8 Å². The van der Waals surface area contributed by atoms with Gasteiger partial charge in [0.25, 0.3) is 5.91 Å². The lowest BCUT2D eigenvalue weighted by atomic mass is 10.2. The molecule has 1 amide bonds. The summed E-state index contributed by atoms with van der Waals surface area (Å²) in [5, 5.41) is 3.93. The second-order valence-electron chi connectivity index (χ2n) is 6.42. The Bertz CT molecular complexity index is 1130. The van der Waals surface area contributed by atoms with Crippen LogP contribution in [0, 0.1) is 6.92 Å². The Morgan fingerprint density at radius 3 is 2.73 bits per heavy atom. The summed E-state index contributed by atoms with van der Waals surface area (Å²) in [6.45, 7) is 1.97. The molecule has 0 saturated heterocycles. The van der Waals surface area contributed by atoms with E-state index in [1.54, 1.807) is 54.6 Å². The van der Waals surface area contributed by atoms with Crippen LogP contribution in [0.4, 0.5) is 0 Å². The topological polar surface area (TPSA) is 99.1 Å². The minimum Gasteiger partial charge on any atom is -0.454 e. The van der Waals surface area contributed by atoms with Crippen LogP contribution < -0.4 is 19.6 Å². The van der Waals surface area contributed by atoms with Crippen LogP contribution in [-0.4, -0.2) is 29.9 Å². The van der Waals surface area contributed by atoms with Crippen LogP contribution >= 0.6 is 0 Å². The fraction of sp³-hybridized carbons (Fsp3) is 0.0909. The van der Waals surface area contributed by atoms with Gasteiger partial charge in [-0.25, -0.2) is 10.2 Å². The third-order valence-electron chi connectivity index (χ3n) is 4.23. The maximum absolute atomic E-state index is 12.4. The molecule has 0 bridgehead atoms. The number of pyridine rings is 1. The third kappa shape index (κ3) is 4.44. The van der Waals surface area contributed by atoms with Crippen molar-refractivity contribution in [3.63, 3.8) is 0 Å². The van der Waals surface area contributed by atoms with E-state index in [9.17, 15) is 9.59 Å². The summed E-state index contributed by atoms with van der Waals surface area (Å²) < 4.78 is 15.9. The third-order valence-corrected chi connectivity index (χ3v) is 4.23. The quantitative estimate of drug-likeness (QED) is 0.304. The molecule has 1 aromatic heterocycles. The van der Waals surface area contributed by atoms with Crippen LogP contribution in [0.5, 0.6) is 17.2 Å². The Morgan fingerprint density at radius 2 is 1.90 bits per heavy atom. The minimum atomic E-state index is -0.525. The van der Waals surface area contributed by atoms with Gasteiger partial charge in [-0.3, -0.25) is 9.78 Å². The molecule has 0 atom stereocenters. The van der Waals surface area contributed by atoms with Gasteiger partial charge in [0.1, 0.15) is 5.75 Å². The largest absolute Gasteiger partial charge is 0.454 e. The van der Waals surface area contributed by atoms with Crippen molar-refractivity contribution in [2.45, 2.75) is 6.92 Å². The van der Waals surface area contributed by atoms with Gasteiger partial charge in [-0.1, -0.05) is 12.1 Å². The average molecular weight is 403 g/mol. The number of hydrogen-bond donors (Lipinski definition) is 1. The van der Waals surface area contributed by atoms with Crippen molar-refractivity contribution in [1.82, 2.24) is 10.4 Å². The van der Waals surface area contributed by atoms with Crippen molar-refractivity contribution in [3.8, 4) is 17.2 Å². The molecule has 2 aromatic carbocycles. The van der Waals surface area contributed by atoms with E-state index >= 15 is 0 Å². The van der Waals surface area contributed by atoms with E-state index in [2.05, 4.69) is 15.5 Å². The number of carbonyl (C=O) groups excluding carboxylic acids is 2. The van der Waals surface area contributed by atoms with Gasteiger partial charge in [-0.05, 0) is 55.0 Å². The maximum Gasteiger partial charge on any atom is 0.343 e. The molecule has 2 heterocycles. The smallest absolute Gasteiger partial charge is 0.343 e. The zero-order valence-corrected chi connectivity index (χ0v) is 16.0. The number of rotatable bonds is 5. The number of amides is 1. The highest BCUT2D eigenvalue weighted by Crippen LogP contribution is 2.32. The highest BCUT2D eigenvalue weighted by Gasteiger charge is 2.17. The lowest BCUT2D eigenvalue weighted by Crippen LogP contribution is -2.17. The maximum atomic E-state index is 12.4. The summed E-state index contributed by atoms with van der Waals surface area (Å²) in [6.07, 6.45) is 2.94. The Labute approximate surface area is 172 Å². The van der Waals surface area contributed by atoms with Crippen molar-refractivity contribution in [3.05, 3.63) is 83.2 Å². The number of hydrogen-bond acceptors (Lipinski definition) is 7. The molecule has 150 valence electrons. The summed E-state index contributed by atoms with van der Waals surface area (Å²) in [5.74, 6) is 0.542. The monoisotopic (exact) mass is 403 g/mol. The molecule has 0 saturated carbocycles. The standard InChI is InChI=1S/C22H17N3O5/c1-14-5-6-17(12-23-14)21(26)25-24-11-15-3-2-4-18(9-15)30-22(27)16-7-8-19-20(10-16)29-13-28-19/h2-12H,13H2,1H3,(H,25,26)/b24-11+. The van der Waals surface area contributed by atoms with Gasteiger partial charge in [0, 0.05) is 11.9 Å². The van der Waals surface area contributed by atoms with Gasteiger partial charge in [0.15, 0.2) is 11.5 Å². The highest BCUT2D eigenvalue weighted by atomic mass is 16.7. The molecular formula is C22H17N3O5. The molecule has 8 heteroatoms. The average Bonchev–Trinajstić information content (AvgIpc) is 3.22. The first-order chi connectivity index (χ1) is 14.6. The highest BCUT2D eigenvalue weighted by molar-refractivity contribution is 5.95. The van der Waals surface area contributed by atoms with Gasteiger partial charge >= 0.3 is 5.97 Å². The Kier molecular flexibility index (Phi) is 5.38.